The molecule has 6 heteroatoms. The van der Waals surface area contributed by atoms with Gasteiger partial charge in [0.1, 0.15) is 6.33 Å². The maximum Gasteiger partial charge on any atom is 0.253 e. The van der Waals surface area contributed by atoms with E-state index in [1.165, 1.54) is 16.6 Å². The predicted octanol–water partition coefficient (Wildman–Crippen LogP) is 2.20. The van der Waals surface area contributed by atoms with Crippen LogP contribution in [0.25, 0.3) is 5.69 Å². The van der Waals surface area contributed by atoms with Crippen LogP contribution in [0.4, 0.5) is 0 Å². The minimum atomic E-state index is -0.140. The van der Waals surface area contributed by atoms with Crippen LogP contribution in [0, 0.1) is 0 Å². The predicted molar refractivity (Wildman–Crippen MR) is 86.3 cm³/mol. The van der Waals surface area contributed by atoms with E-state index in [2.05, 4.69) is 39.9 Å². The second-order valence-electron chi connectivity index (χ2n) is 5.29. The Morgan fingerprint density at radius 1 is 1.13 bits per heavy atom. The molecular formula is C17H17N5O. The quantitative estimate of drug-likeness (QED) is 0.784. The third-order valence-electron chi connectivity index (χ3n) is 3.68. The van der Waals surface area contributed by atoms with Crippen molar-refractivity contribution in [1.29, 1.82) is 0 Å². The number of carbonyl (C=O) groups excluding carboxylic acids is 1. The summed E-state index contributed by atoms with van der Waals surface area (Å²) < 4.78 is 1.48. The molecule has 1 N–H and O–H groups in total. The van der Waals surface area contributed by atoms with Crippen molar-refractivity contribution in [2.45, 2.75) is 12.8 Å². The third kappa shape index (κ3) is 3.42. The highest BCUT2D eigenvalue weighted by Crippen LogP contribution is 2.15. The number of para-hydroxylation sites is 1. The van der Waals surface area contributed by atoms with Gasteiger partial charge >= 0.3 is 0 Å². The molecule has 0 saturated heterocycles. The van der Waals surface area contributed by atoms with Crippen molar-refractivity contribution in [2.24, 2.45) is 0 Å². The molecular weight excluding hydrogens is 290 g/mol. The van der Waals surface area contributed by atoms with E-state index in [-0.39, 0.29) is 11.8 Å². The molecule has 6 nitrogen and oxygen atoms in total. The smallest absolute Gasteiger partial charge is 0.253 e. The van der Waals surface area contributed by atoms with Gasteiger partial charge in [0.2, 0.25) is 0 Å². The highest BCUT2D eigenvalue weighted by atomic mass is 16.1. The van der Waals surface area contributed by atoms with Crippen molar-refractivity contribution in [2.75, 3.05) is 6.54 Å². The molecule has 0 spiro atoms. The summed E-state index contributed by atoms with van der Waals surface area (Å²) in [5.74, 6) is 0.0965. The number of aromatic nitrogens is 4. The zero-order valence-corrected chi connectivity index (χ0v) is 12.8. The van der Waals surface area contributed by atoms with Crippen LogP contribution in [0.3, 0.4) is 0 Å². The van der Waals surface area contributed by atoms with Crippen LogP contribution >= 0.6 is 0 Å². The summed E-state index contributed by atoms with van der Waals surface area (Å²) in [5, 5.41) is 14.1. The summed E-state index contributed by atoms with van der Waals surface area (Å²) in [6.45, 7) is 2.65. The van der Waals surface area contributed by atoms with Gasteiger partial charge in [-0.25, -0.2) is 0 Å². The van der Waals surface area contributed by atoms with Gasteiger partial charge in [0.15, 0.2) is 0 Å². The number of benzene rings is 2. The van der Waals surface area contributed by atoms with Crippen LogP contribution in [-0.2, 0) is 0 Å². The fraction of sp³-hybridized carbons (Fsp3) is 0.176. The van der Waals surface area contributed by atoms with Gasteiger partial charge in [-0.2, -0.15) is 4.68 Å². The molecule has 1 heterocycles. The molecule has 0 fully saturated rings. The van der Waals surface area contributed by atoms with Gasteiger partial charge in [-0.05, 0) is 34.0 Å². The zero-order valence-electron chi connectivity index (χ0n) is 12.8. The Kier molecular flexibility index (Phi) is 4.42. The van der Waals surface area contributed by atoms with Crippen molar-refractivity contribution in [3.63, 3.8) is 0 Å². The SMILES string of the molecule is CC(CNC(=O)c1ccccc1-n1cnnn1)c1ccccc1. The van der Waals surface area contributed by atoms with Crippen molar-refractivity contribution >= 4 is 5.91 Å². The van der Waals surface area contributed by atoms with Gasteiger partial charge < -0.3 is 5.32 Å². The second-order valence-corrected chi connectivity index (χ2v) is 5.29. The molecule has 3 rings (SSSR count). The van der Waals surface area contributed by atoms with Gasteiger partial charge in [-0.1, -0.05) is 49.4 Å². The van der Waals surface area contributed by atoms with Gasteiger partial charge in [-0.3, -0.25) is 4.79 Å². The summed E-state index contributed by atoms with van der Waals surface area (Å²) >= 11 is 0. The third-order valence-corrected chi connectivity index (χ3v) is 3.68. The molecule has 0 bridgehead atoms. The molecule has 1 unspecified atom stereocenters. The Labute approximate surface area is 134 Å². The number of tetrazole rings is 1. The number of hydrogen-bond acceptors (Lipinski definition) is 4. The minimum Gasteiger partial charge on any atom is -0.351 e. The number of rotatable bonds is 5. The van der Waals surface area contributed by atoms with Crippen LogP contribution in [0.5, 0.6) is 0 Å². The van der Waals surface area contributed by atoms with E-state index >= 15 is 0 Å². The first kappa shape index (κ1) is 14.9. The number of nitrogens with zero attached hydrogens (tertiary/aromatic N) is 4. The molecule has 23 heavy (non-hydrogen) atoms. The summed E-state index contributed by atoms with van der Waals surface area (Å²) in [5.41, 5.74) is 2.39. The Morgan fingerprint density at radius 3 is 2.61 bits per heavy atom. The largest absolute Gasteiger partial charge is 0.351 e. The van der Waals surface area contributed by atoms with Gasteiger partial charge in [0.05, 0.1) is 11.3 Å². The lowest BCUT2D eigenvalue weighted by Crippen LogP contribution is -2.28. The topological polar surface area (TPSA) is 72.7 Å². The fourth-order valence-corrected chi connectivity index (χ4v) is 2.38. The molecule has 0 radical (unpaired) electrons. The van der Waals surface area contributed by atoms with E-state index in [1.54, 1.807) is 6.07 Å². The Balaban J connectivity index is 1.72. The van der Waals surface area contributed by atoms with Crippen LogP contribution in [-0.4, -0.2) is 32.7 Å². The van der Waals surface area contributed by atoms with Crippen LogP contribution in [0.15, 0.2) is 60.9 Å². The first-order valence-electron chi connectivity index (χ1n) is 7.41. The molecule has 0 aliphatic heterocycles. The van der Waals surface area contributed by atoms with Crippen LogP contribution < -0.4 is 5.32 Å². The fourth-order valence-electron chi connectivity index (χ4n) is 2.38. The lowest BCUT2D eigenvalue weighted by Gasteiger charge is -2.14. The number of carbonyl (C=O) groups is 1. The van der Waals surface area contributed by atoms with E-state index in [0.29, 0.717) is 17.8 Å². The normalized spacial score (nSPS) is 11.9. The average Bonchev–Trinajstić information content (AvgIpc) is 3.14. The van der Waals surface area contributed by atoms with Gasteiger partial charge in [-0.15, -0.1) is 5.10 Å². The summed E-state index contributed by atoms with van der Waals surface area (Å²) in [4.78, 5) is 12.5. The minimum absolute atomic E-state index is 0.140. The number of nitrogens with one attached hydrogen (secondary N) is 1. The lowest BCUT2D eigenvalue weighted by molar-refractivity contribution is 0.0951. The molecule has 0 aliphatic carbocycles. The first-order valence-corrected chi connectivity index (χ1v) is 7.41. The van der Waals surface area contributed by atoms with E-state index in [0.717, 1.165) is 0 Å². The standard InChI is InChI=1S/C17H17N5O/c1-13(14-7-3-2-4-8-14)11-18-17(23)15-9-5-6-10-16(15)22-12-19-20-21-22/h2-10,12-13H,11H2,1H3,(H,18,23). The maximum absolute atomic E-state index is 12.5. The average molecular weight is 307 g/mol. The maximum atomic E-state index is 12.5. The van der Waals surface area contributed by atoms with E-state index in [1.807, 2.05) is 36.4 Å². The van der Waals surface area contributed by atoms with Crippen LogP contribution in [0.2, 0.25) is 0 Å². The summed E-state index contributed by atoms with van der Waals surface area (Å²) in [6, 6.07) is 17.4. The molecule has 0 aliphatic rings. The Morgan fingerprint density at radius 2 is 1.87 bits per heavy atom. The molecule has 0 saturated carbocycles. The van der Waals surface area contributed by atoms with Crippen LogP contribution in [0.1, 0.15) is 28.8 Å². The Bertz CT molecular complexity index is 771. The zero-order chi connectivity index (χ0) is 16.1. The molecule has 1 amide bonds. The number of hydrogen-bond donors (Lipinski definition) is 1. The molecule has 3 aromatic rings. The molecule has 2 aromatic carbocycles. The van der Waals surface area contributed by atoms with E-state index < -0.39 is 0 Å². The summed E-state index contributed by atoms with van der Waals surface area (Å²) in [6.07, 6.45) is 1.47. The highest BCUT2D eigenvalue weighted by molar-refractivity contribution is 5.97. The van der Waals surface area contributed by atoms with Crippen molar-refractivity contribution in [3.05, 3.63) is 72.1 Å². The van der Waals surface area contributed by atoms with Crippen molar-refractivity contribution < 1.29 is 4.79 Å². The first-order chi connectivity index (χ1) is 11.3. The summed E-state index contributed by atoms with van der Waals surface area (Å²) in [7, 11) is 0. The Hall–Kier alpha value is -3.02. The van der Waals surface area contributed by atoms with E-state index in [9.17, 15) is 4.79 Å². The molecule has 116 valence electrons. The number of amides is 1. The van der Waals surface area contributed by atoms with Crippen molar-refractivity contribution in [1.82, 2.24) is 25.5 Å². The molecule has 1 aromatic heterocycles. The lowest BCUT2D eigenvalue weighted by atomic mass is 10.0. The van der Waals surface area contributed by atoms with Gasteiger partial charge in [0, 0.05) is 6.54 Å². The molecule has 1 atom stereocenters. The monoisotopic (exact) mass is 307 g/mol. The van der Waals surface area contributed by atoms with Crippen molar-refractivity contribution in [3.8, 4) is 5.69 Å². The van der Waals surface area contributed by atoms with E-state index in [4.69, 9.17) is 0 Å². The van der Waals surface area contributed by atoms with Gasteiger partial charge in [0.25, 0.3) is 5.91 Å². The highest BCUT2D eigenvalue weighted by Gasteiger charge is 2.14. The second kappa shape index (κ2) is 6.83.